The van der Waals surface area contributed by atoms with Gasteiger partial charge in [-0.2, -0.15) is 0 Å². The van der Waals surface area contributed by atoms with Gasteiger partial charge in [-0.1, -0.05) is 39.8 Å². The molecule has 1 aromatic carbocycles. The van der Waals surface area contributed by atoms with Gasteiger partial charge >= 0.3 is 0 Å². The zero-order valence-electron chi connectivity index (χ0n) is 12.4. The zero-order chi connectivity index (χ0) is 13.9. The number of benzene rings is 1. The smallest absolute Gasteiger partial charge is 0.122 e. The molecular formula is C16H26O2. The minimum atomic E-state index is -0.791. The first kappa shape index (κ1) is 15.0. The summed E-state index contributed by atoms with van der Waals surface area (Å²) in [5.41, 5.74) is 1.58. The van der Waals surface area contributed by atoms with Crippen molar-refractivity contribution in [3.63, 3.8) is 0 Å². The molecule has 1 unspecified atom stereocenters. The van der Waals surface area contributed by atoms with Crippen LogP contribution in [0.5, 0.6) is 5.75 Å². The Kier molecular flexibility index (Phi) is 4.80. The van der Waals surface area contributed by atoms with E-state index >= 15 is 0 Å². The van der Waals surface area contributed by atoms with E-state index in [0.29, 0.717) is 12.5 Å². The van der Waals surface area contributed by atoms with Crippen molar-refractivity contribution >= 4 is 0 Å². The monoisotopic (exact) mass is 250 g/mol. The fourth-order valence-corrected chi connectivity index (χ4v) is 1.52. The third kappa shape index (κ3) is 3.74. The quantitative estimate of drug-likeness (QED) is 0.858. The Morgan fingerprint density at radius 3 is 2.33 bits per heavy atom. The highest BCUT2D eigenvalue weighted by Gasteiger charge is 2.26. The summed E-state index contributed by atoms with van der Waals surface area (Å²) in [4.78, 5) is 0. The molecule has 1 N–H and O–H groups in total. The molecule has 18 heavy (non-hydrogen) atoms. The summed E-state index contributed by atoms with van der Waals surface area (Å²) in [6.07, 6.45) is 0. The minimum Gasteiger partial charge on any atom is -0.490 e. The SMILES string of the molecule is Cc1ccc(C(C)C)cc1OCC(C)(O)C(C)C. The van der Waals surface area contributed by atoms with Crippen LogP contribution < -0.4 is 4.74 Å². The maximum atomic E-state index is 10.2. The first-order valence-electron chi connectivity index (χ1n) is 6.69. The number of hydrogen-bond donors (Lipinski definition) is 1. The average Bonchev–Trinajstić information content (AvgIpc) is 2.27. The van der Waals surface area contributed by atoms with Crippen molar-refractivity contribution < 1.29 is 9.84 Å². The molecule has 0 spiro atoms. The molecular weight excluding hydrogens is 224 g/mol. The van der Waals surface area contributed by atoms with Gasteiger partial charge < -0.3 is 9.84 Å². The lowest BCUT2D eigenvalue weighted by molar-refractivity contribution is -0.0268. The summed E-state index contributed by atoms with van der Waals surface area (Å²) in [5, 5.41) is 10.2. The van der Waals surface area contributed by atoms with Crippen molar-refractivity contribution in [3.8, 4) is 5.75 Å². The van der Waals surface area contributed by atoms with Crippen LogP contribution in [0.3, 0.4) is 0 Å². The highest BCUT2D eigenvalue weighted by Crippen LogP contribution is 2.26. The second-order valence-electron chi connectivity index (χ2n) is 5.98. The largest absolute Gasteiger partial charge is 0.490 e. The lowest BCUT2D eigenvalue weighted by Gasteiger charge is -2.28. The highest BCUT2D eigenvalue weighted by atomic mass is 16.5. The van der Waals surface area contributed by atoms with Gasteiger partial charge in [0.05, 0.1) is 5.60 Å². The number of aryl methyl sites for hydroxylation is 1. The topological polar surface area (TPSA) is 29.5 Å². The summed E-state index contributed by atoms with van der Waals surface area (Å²) in [7, 11) is 0. The van der Waals surface area contributed by atoms with E-state index < -0.39 is 5.60 Å². The predicted molar refractivity (Wildman–Crippen MR) is 76.2 cm³/mol. The number of rotatable bonds is 5. The van der Waals surface area contributed by atoms with Crippen molar-refractivity contribution in [2.45, 2.75) is 53.1 Å². The Morgan fingerprint density at radius 1 is 1.22 bits per heavy atom. The second kappa shape index (κ2) is 5.75. The van der Waals surface area contributed by atoms with Crippen LogP contribution in [-0.2, 0) is 0 Å². The van der Waals surface area contributed by atoms with E-state index in [-0.39, 0.29) is 5.92 Å². The standard InChI is InChI=1S/C16H26O2/c1-11(2)14-8-7-13(5)15(9-14)18-10-16(6,17)12(3)4/h7-9,11-12,17H,10H2,1-6H3. The summed E-state index contributed by atoms with van der Waals surface area (Å²) in [5.74, 6) is 1.53. The van der Waals surface area contributed by atoms with E-state index in [4.69, 9.17) is 4.74 Å². The fraction of sp³-hybridized carbons (Fsp3) is 0.625. The lowest BCUT2D eigenvalue weighted by atomic mass is 9.93. The Balaban J connectivity index is 2.81. The summed E-state index contributed by atoms with van der Waals surface area (Å²) in [6.45, 7) is 12.5. The molecule has 0 aliphatic heterocycles. The Labute approximate surface area is 111 Å². The fourth-order valence-electron chi connectivity index (χ4n) is 1.52. The maximum absolute atomic E-state index is 10.2. The van der Waals surface area contributed by atoms with Crippen molar-refractivity contribution in [1.29, 1.82) is 0 Å². The predicted octanol–water partition coefficient (Wildman–Crippen LogP) is 3.90. The summed E-state index contributed by atoms with van der Waals surface area (Å²) in [6, 6.07) is 6.29. The molecule has 2 nitrogen and oxygen atoms in total. The van der Waals surface area contributed by atoms with Gasteiger partial charge in [0, 0.05) is 0 Å². The van der Waals surface area contributed by atoms with Crippen LogP contribution in [0, 0.1) is 12.8 Å². The van der Waals surface area contributed by atoms with Crippen LogP contribution in [0.4, 0.5) is 0 Å². The molecule has 1 aromatic rings. The Hall–Kier alpha value is -1.02. The Bertz CT molecular complexity index is 392. The molecule has 0 saturated heterocycles. The number of aliphatic hydroxyl groups is 1. The number of ether oxygens (including phenoxy) is 1. The van der Waals surface area contributed by atoms with Crippen LogP contribution in [0.1, 0.15) is 51.7 Å². The molecule has 1 rings (SSSR count). The maximum Gasteiger partial charge on any atom is 0.122 e. The van der Waals surface area contributed by atoms with Crippen molar-refractivity contribution in [2.24, 2.45) is 5.92 Å². The van der Waals surface area contributed by atoms with E-state index in [0.717, 1.165) is 11.3 Å². The average molecular weight is 250 g/mol. The molecule has 0 fully saturated rings. The third-order valence-corrected chi connectivity index (χ3v) is 3.64. The van der Waals surface area contributed by atoms with Crippen LogP contribution in [0.2, 0.25) is 0 Å². The molecule has 0 aliphatic carbocycles. The van der Waals surface area contributed by atoms with Gasteiger partial charge in [0.2, 0.25) is 0 Å². The van der Waals surface area contributed by atoms with E-state index in [9.17, 15) is 5.11 Å². The zero-order valence-corrected chi connectivity index (χ0v) is 12.4. The molecule has 0 saturated carbocycles. The molecule has 102 valence electrons. The molecule has 1 atom stereocenters. The highest BCUT2D eigenvalue weighted by molar-refractivity contribution is 5.37. The van der Waals surface area contributed by atoms with E-state index in [2.05, 4.69) is 32.0 Å². The normalized spacial score (nSPS) is 14.9. The van der Waals surface area contributed by atoms with Crippen LogP contribution in [-0.4, -0.2) is 17.3 Å². The first-order valence-corrected chi connectivity index (χ1v) is 6.69. The van der Waals surface area contributed by atoms with E-state index in [1.165, 1.54) is 5.56 Å². The molecule has 0 amide bonds. The van der Waals surface area contributed by atoms with E-state index in [1.54, 1.807) is 0 Å². The Morgan fingerprint density at radius 2 is 1.83 bits per heavy atom. The minimum absolute atomic E-state index is 0.172. The van der Waals surface area contributed by atoms with Gasteiger partial charge in [-0.25, -0.2) is 0 Å². The molecule has 0 bridgehead atoms. The molecule has 0 aromatic heterocycles. The molecule has 0 aliphatic rings. The first-order chi connectivity index (χ1) is 8.24. The molecule has 0 radical (unpaired) electrons. The lowest BCUT2D eigenvalue weighted by Crippen LogP contribution is -2.37. The summed E-state index contributed by atoms with van der Waals surface area (Å²) >= 11 is 0. The summed E-state index contributed by atoms with van der Waals surface area (Å²) < 4.78 is 5.80. The van der Waals surface area contributed by atoms with Gasteiger partial charge in [0.1, 0.15) is 12.4 Å². The van der Waals surface area contributed by atoms with Gasteiger partial charge in [-0.05, 0) is 42.9 Å². The van der Waals surface area contributed by atoms with Gasteiger partial charge in [0.15, 0.2) is 0 Å². The van der Waals surface area contributed by atoms with Crippen molar-refractivity contribution in [3.05, 3.63) is 29.3 Å². The third-order valence-electron chi connectivity index (χ3n) is 3.64. The van der Waals surface area contributed by atoms with Crippen LogP contribution >= 0.6 is 0 Å². The molecule has 0 heterocycles. The van der Waals surface area contributed by atoms with Gasteiger partial charge in [-0.15, -0.1) is 0 Å². The van der Waals surface area contributed by atoms with Gasteiger partial charge in [-0.3, -0.25) is 0 Å². The second-order valence-corrected chi connectivity index (χ2v) is 5.98. The van der Waals surface area contributed by atoms with Crippen LogP contribution in [0.15, 0.2) is 18.2 Å². The van der Waals surface area contributed by atoms with Gasteiger partial charge in [0.25, 0.3) is 0 Å². The number of hydrogen-bond acceptors (Lipinski definition) is 2. The van der Waals surface area contributed by atoms with Crippen molar-refractivity contribution in [2.75, 3.05) is 6.61 Å². The van der Waals surface area contributed by atoms with Crippen LogP contribution in [0.25, 0.3) is 0 Å². The van der Waals surface area contributed by atoms with Crippen molar-refractivity contribution in [1.82, 2.24) is 0 Å². The molecule has 2 heteroatoms. The van der Waals surface area contributed by atoms with E-state index in [1.807, 2.05) is 27.7 Å².